The summed E-state index contributed by atoms with van der Waals surface area (Å²) in [6.07, 6.45) is 6.45. The molecule has 1 N–H and O–H groups in total. The van der Waals surface area contributed by atoms with Gasteiger partial charge in [0.1, 0.15) is 0 Å². The van der Waals surface area contributed by atoms with Crippen molar-refractivity contribution in [1.29, 1.82) is 0 Å². The van der Waals surface area contributed by atoms with Crippen LogP contribution in [0.4, 0.5) is 0 Å². The second-order valence-corrected chi connectivity index (χ2v) is 8.26. The zero-order chi connectivity index (χ0) is 21.2. The Balaban J connectivity index is 1.42. The van der Waals surface area contributed by atoms with Crippen molar-refractivity contribution in [1.82, 2.24) is 19.6 Å². The van der Waals surface area contributed by atoms with E-state index in [1.165, 1.54) is 23.7 Å². The number of nitrogens with zero attached hydrogens (tertiary/aromatic N) is 3. The lowest BCUT2D eigenvalue weighted by Crippen LogP contribution is -2.33. The third-order valence-electron chi connectivity index (χ3n) is 6.14. The lowest BCUT2D eigenvalue weighted by molar-refractivity contribution is 0.0952. The van der Waals surface area contributed by atoms with Crippen molar-refractivity contribution < 1.29 is 4.79 Å². The Kier molecular flexibility index (Phi) is 5.38. The van der Waals surface area contributed by atoms with Gasteiger partial charge in [0.25, 0.3) is 11.5 Å². The van der Waals surface area contributed by atoms with E-state index in [1.54, 1.807) is 18.3 Å². The summed E-state index contributed by atoms with van der Waals surface area (Å²) in [4.78, 5) is 33.2. The number of hydrogen-bond acceptors (Lipinski definition) is 4. The summed E-state index contributed by atoms with van der Waals surface area (Å²) in [5.41, 5.74) is 1.26. The largest absolute Gasteiger partial charge is 0.352 e. The van der Waals surface area contributed by atoms with Crippen LogP contribution in [0.3, 0.4) is 0 Å². The van der Waals surface area contributed by atoms with Crippen molar-refractivity contribution >= 4 is 33.2 Å². The minimum Gasteiger partial charge on any atom is -0.352 e. The van der Waals surface area contributed by atoms with Crippen LogP contribution < -0.4 is 10.9 Å². The standard InChI is InChI=1S/C25H26N4O2/c30-24(26-11-7-14-28-12-4-1-5-13-28)20-10-6-15-29-23(20)27-22-17-19-9-3-2-8-18(19)16-21(22)25(29)31/h2-3,6,8-10,15-17H,1,4-5,7,11-14H2,(H,26,30). The molecule has 0 bridgehead atoms. The highest BCUT2D eigenvalue weighted by Gasteiger charge is 2.15. The number of fused-ring (bicyclic) bond motifs is 3. The highest BCUT2D eigenvalue weighted by atomic mass is 16.1. The zero-order valence-electron chi connectivity index (χ0n) is 17.5. The predicted octanol–water partition coefficient (Wildman–Crippen LogP) is 3.61. The number of carbonyl (C=O) groups is 1. The lowest BCUT2D eigenvalue weighted by Gasteiger charge is -2.26. The molecule has 3 heterocycles. The Morgan fingerprint density at radius 1 is 1.00 bits per heavy atom. The molecule has 1 aliphatic rings. The molecule has 6 heteroatoms. The average molecular weight is 415 g/mol. The zero-order valence-corrected chi connectivity index (χ0v) is 17.5. The first kappa shape index (κ1) is 19.7. The highest BCUT2D eigenvalue weighted by Crippen LogP contribution is 2.20. The summed E-state index contributed by atoms with van der Waals surface area (Å²) in [5, 5.41) is 5.57. The Morgan fingerprint density at radius 2 is 1.77 bits per heavy atom. The van der Waals surface area contributed by atoms with Crippen molar-refractivity contribution in [2.75, 3.05) is 26.2 Å². The number of amides is 1. The van der Waals surface area contributed by atoms with Crippen LogP contribution >= 0.6 is 0 Å². The third kappa shape index (κ3) is 3.91. The van der Waals surface area contributed by atoms with E-state index in [0.717, 1.165) is 36.8 Å². The van der Waals surface area contributed by atoms with Gasteiger partial charge in [-0.05, 0) is 73.9 Å². The first-order valence-electron chi connectivity index (χ1n) is 11.1. The van der Waals surface area contributed by atoms with Crippen LogP contribution in [-0.4, -0.2) is 46.4 Å². The molecule has 0 radical (unpaired) electrons. The van der Waals surface area contributed by atoms with Crippen LogP contribution in [0.1, 0.15) is 36.0 Å². The summed E-state index contributed by atoms with van der Waals surface area (Å²) in [7, 11) is 0. The van der Waals surface area contributed by atoms with Crippen molar-refractivity contribution in [2.24, 2.45) is 0 Å². The van der Waals surface area contributed by atoms with E-state index in [9.17, 15) is 9.59 Å². The molecule has 158 valence electrons. The van der Waals surface area contributed by atoms with E-state index in [1.807, 2.05) is 36.4 Å². The molecule has 5 rings (SSSR count). The number of pyridine rings is 1. The number of carbonyl (C=O) groups excluding carboxylic acids is 1. The molecule has 6 nitrogen and oxygen atoms in total. The van der Waals surface area contributed by atoms with Crippen LogP contribution in [0.15, 0.2) is 59.5 Å². The first-order valence-corrected chi connectivity index (χ1v) is 11.1. The smallest absolute Gasteiger partial charge is 0.265 e. The Labute approximate surface area is 180 Å². The monoisotopic (exact) mass is 414 g/mol. The minimum absolute atomic E-state index is 0.162. The normalized spacial score (nSPS) is 15.0. The van der Waals surface area contributed by atoms with Crippen molar-refractivity contribution in [3.63, 3.8) is 0 Å². The molecular formula is C25H26N4O2. The summed E-state index contributed by atoms with van der Waals surface area (Å²) >= 11 is 0. The molecule has 1 amide bonds. The second-order valence-electron chi connectivity index (χ2n) is 8.26. The molecule has 0 saturated carbocycles. The number of aromatic nitrogens is 2. The second kappa shape index (κ2) is 8.47. The maximum absolute atomic E-state index is 13.1. The van der Waals surface area contributed by atoms with Gasteiger partial charge >= 0.3 is 0 Å². The number of benzene rings is 2. The van der Waals surface area contributed by atoms with Gasteiger partial charge in [0.15, 0.2) is 5.65 Å². The minimum atomic E-state index is -0.191. The molecule has 2 aromatic carbocycles. The molecule has 2 aromatic heterocycles. The average Bonchev–Trinajstić information content (AvgIpc) is 2.81. The number of piperidine rings is 1. The number of nitrogens with one attached hydrogen (secondary N) is 1. The van der Waals surface area contributed by atoms with Crippen molar-refractivity contribution in [3.05, 3.63) is 70.6 Å². The van der Waals surface area contributed by atoms with Crippen LogP contribution in [0.25, 0.3) is 27.3 Å². The van der Waals surface area contributed by atoms with E-state index >= 15 is 0 Å². The highest BCUT2D eigenvalue weighted by molar-refractivity contribution is 6.02. The molecule has 1 fully saturated rings. The molecule has 1 aliphatic heterocycles. The molecular weight excluding hydrogens is 388 g/mol. The molecule has 4 aromatic rings. The number of rotatable bonds is 5. The maximum Gasteiger partial charge on any atom is 0.265 e. The molecule has 0 atom stereocenters. The quantitative estimate of drug-likeness (QED) is 0.400. The molecule has 0 aliphatic carbocycles. The Bertz CT molecular complexity index is 1320. The van der Waals surface area contributed by atoms with Gasteiger partial charge in [0, 0.05) is 12.7 Å². The van der Waals surface area contributed by atoms with Gasteiger partial charge in [-0.2, -0.15) is 0 Å². The number of hydrogen-bond donors (Lipinski definition) is 1. The summed E-state index contributed by atoms with van der Waals surface area (Å²) < 4.78 is 1.47. The van der Waals surface area contributed by atoms with Crippen LogP contribution in [0.2, 0.25) is 0 Å². The molecule has 0 spiro atoms. The SMILES string of the molecule is O=C(NCCCN1CCCCC1)c1cccn2c(=O)c3cc4ccccc4cc3nc12. The van der Waals surface area contributed by atoms with E-state index in [2.05, 4.69) is 10.2 Å². The van der Waals surface area contributed by atoms with Gasteiger partial charge in [-0.25, -0.2) is 4.98 Å². The van der Waals surface area contributed by atoms with Gasteiger partial charge in [-0.1, -0.05) is 30.7 Å². The van der Waals surface area contributed by atoms with Crippen LogP contribution in [0, 0.1) is 0 Å². The predicted molar refractivity (Wildman–Crippen MR) is 124 cm³/mol. The summed E-state index contributed by atoms with van der Waals surface area (Å²) in [6.45, 7) is 3.93. The molecule has 1 saturated heterocycles. The van der Waals surface area contributed by atoms with E-state index < -0.39 is 0 Å². The van der Waals surface area contributed by atoms with Crippen LogP contribution in [0.5, 0.6) is 0 Å². The van der Waals surface area contributed by atoms with Crippen molar-refractivity contribution in [2.45, 2.75) is 25.7 Å². The fourth-order valence-corrected chi connectivity index (χ4v) is 4.47. The fourth-order valence-electron chi connectivity index (χ4n) is 4.47. The van der Waals surface area contributed by atoms with E-state index in [0.29, 0.717) is 28.7 Å². The van der Waals surface area contributed by atoms with Gasteiger partial charge in [-0.15, -0.1) is 0 Å². The maximum atomic E-state index is 13.1. The first-order chi connectivity index (χ1) is 15.2. The topological polar surface area (TPSA) is 66.7 Å². The molecule has 0 unspecified atom stereocenters. The van der Waals surface area contributed by atoms with E-state index in [-0.39, 0.29) is 11.5 Å². The number of likely N-dealkylation sites (tertiary alicyclic amines) is 1. The molecule has 31 heavy (non-hydrogen) atoms. The van der Waals surface area contributed by atoms with Gasteiger partial charge in [0.05, 0.1) is 16.5 Å². The fraction of sp³-hybridized carbons (Fsp3) is 0.320. The van der Waals surface area contributed by atoms with Crippen LogP contribution in [-0.2, 0) is 0 Å². The van der Waals surface area contributed by atoms with E-state index in [4.69, 9.17) is 4.98 Å². The Hall–Kier alpha value is -3.25. The van der Waals surface area contributed by atoms with Gasteiger partial charge in [-0.3, -0.25) is 14.0 Å². The summed E-state index contributed by atoms with van der Waals surface area (Å²) in [5.74, 6) is -0.191. The van der Waals surface area contributed by atoms with Gasteiger partial charge < -0.3 is 10.2 Å². The Morgan fingerprint density at radius 3 is 2.58 bits per heavy atom. The lowest BCUT2D eigenvalue weighted by atomic mass is 10.1. The van der Waals surface area contributed by atoms with Gasteiger partial charge in [0.2, 0.25) is 0 Å². The third-order valence-corrected chi connectivity index (χ3v) is 6.14. The summed E-state index contributed by atoms with van der Waals surface area (Å²) in [6, 6.07) is 15.1. The van der Waals surface area contributed by atoms with Crippen molar-refractivity contribution in [3.8, 4) is 0 Å².